The van der Waals surface area contributed by atoms with Crippen molar-refractivity contribution in [2.45, 2.75) is 33.4 Å². The lowest BCUT2D eigenvalue weighted by Gasteiger charge is -2.17. The van der Waals surface area contributed by atoms with E-state index in [4.69, 9.17) is 0 Å². The lowest BCUT2D eigenvalue weighted by molar-refractivity contribution is -0.110. The maximum Gasteiger partial charge on any atom is 0.258 e. The van der Waals surface area contributed by atoms with Crippen molar-refractivity contribution in [1.29, 1.82) is 0 Å². The Balaban J connectivity index is 1.46. The molecule has 0 unspecified atom stereocenters. The second kappa shape index (κ2) is 11.0. The molecule has 0 aromatic heterocycles. The van der Waals surface area contributed by atoms with Crippen LogP contribution in [0.15, 0.2) is 78.5 Å². The maximum atomic E-state index is 12.7. The summed E-state index contributed by atoms with van der Waals surface area (Å²) in [6.07, 6.45) is 0.868. The normalized spacial score (nSPS) is 13.9. The third-order valence-electron chi connectivity index (χ3n) is 5.97. The van der Waals surface area contributed by atoms with E-state index in [0.717, 1.165) is 42.1 Å². The minimum absolute atomic E-state index is 0.133. The maximum absolute atomic E-state index is 12.7. The van der Waals surface area contributed by atoms with Gasteiger partial charge in [-0.2, -0.15) is 0 Å². The third-order valence-corrected chi connectivity index (χ3v) is 5.97. The van der Waals surface area contributed by atoms with E-state index in [1.807, 2.05) is 32.0 Å². The highest BCUT2D eigenvalue weighted by Gasteiger charge is 2.27. The molecule has 0 bridgehead atoms. The Morgan fingerprint density at radius 1 is 0.943 bits per heavy atom. The first-order valence-electron chi connectivity index (χ1n) is 12.0. The highest BCUT2D eigenvalue weighted by atomic mass is 16.2. The zero-order chi connectivity index (χ0) is 24.8. The largest absolute Gasteiger partial charge is 0.358 e. The van der Waals surface area contributed by atoms with E-state index in [2.05, 4.69) is 64.3 Å². The van der Waals surface area contributed by atoms with Crippen LogP contribution in [0.5, 0.6) is 0 Å². The fourth-order valence-electron chi connectivity index (χ4n) is 4.26. The van der Waals surface area contributed by atoms with Gasteiger partial charge in [0.25, 0.3) is 11.8 Å². The smallest absolute Gasteiger partial charge is 0.258 e. The fraction of sp³-hybridized carbons (Fsp3) is 0.241. The Labute approximate surface area is 207 Å². The lowest BCUT2D eigenvalue weighted by atomic mass is 10.0. The van der Waals surface area contributed by atoms with Crippen LogP contribution >= 0.6 is 0 Å². The van der Waals surface area contributed by atoms with E-state index in [9.17, 15) is 9.59 Å². The fourth-order valence-corrected chi connectivity index (χ4v) is 4.26. The zero-order valence-electron chi connectivity index (χ0n) is 20.5. The minimum Gasteiger partial charge on any atom is -0.358 e. The summed E-state index contributed by atoms with van der Waals surface area (Å²) in [5.41, 5.74) is 6.70. The van der Waals surface area contributed by atoms with Crippen LogP contribution < -0.4 is 16.0 Å². The van der Waals surface area contributed by atoms with Crippen LogP contribution in [-0.2, 0) is 17.9 Å². The molecule has 3 aromatic carbocycles. The van der Waals surface area contributed by atoms with Crippen LogP contribution in [0.4, 0.5) is 11.4 Å². The molecule has 1 aliphatic heterocycles. The van der Waals surface area contributed by atoms with Gasteiger partial charge in [0.1, 0.15) is 0 Å². The van der Waals surface area contributed by atoms with E-state index in [-0.39, 0.29) is 11.8 Å². The second-order valence-corrected chi connectivity index (χ2v) is 8.95. The van der Waals surface area contributed by atoms with Crippen LogP contribution in [-0.4, -0.2) is 30.3 Å². The molecule has 35 heavy (non-hydrogen) atoms. The van der Waals surface area contributed by atoms with Gasteiger partial charge in [-0.15, -0.1) is 0 Å². The molecule has 180 valence electrons. The standard InChI is InChI=1S/C29H32N4O2/c1-4-16-30-28(34)23-12-15-26-25(17-23)27(29(35)32-26)20(2)31-24-13-10-22(11-14-24)19-33(3)18-21-8-6-5-7-9-21/h5-15,17,31H,4,16,18-19H2,1-3H3,(H,30,34)(H,32,35)/b27-20-. The quantitative estimate of drug-likeness (QED) is 0.375. The predicted octanol–water partition coefficient (Wildman–Crippen LogP) is 5.25. The molecule has 0 saturated carbocycles. The average Bonchev–Trinajstić information content (AvgIpc) is 3.19. The van der Waals surface area contributed by atoms with Gasteiger partial charge in [-0.1, -0.05) is 49.4 Å². The van der Waals surface area contributed by atoms with Crippen molar-refractivity contribution in [3.8, 4) is 0 Å². The summed E-state index contributed by atoms with van der Waals surface area (Å²) in [5.74, 6) is -0.304. The molecule has 0 saturated heterocycles. The summed E-state index contributed by atoms with van der Waals surface area (Å²) in [6.45, 7) is 6.24. The molecule has 0 aliphatic carbocycles. The Morgan fingerprint density at radius 2 is 1.63 bits per heavy atom. The van der Waals surface area contributed by atoms with Gasteiger partial charge < -0.3 is 16.0 Å². The molecule has 3 N–H and O–H groups in total. The first kappa shape index (κ1) is 24.2. The Hall–Kier alpha value is -3.90. The van der Waals surface area contributed by atoms with Gasteiger partial charge in [0.05, 0.1) is 5.57 Å². The number of nitrogens with zero attached hydrogens (tertiary/aromatic N) is 1. The third kappa shape index (κ3) is 5.97. The van der Waals surface area contributed by atoms with Gasteiger partial charge in [-0.05, 0) is 61.9 Å². The number of benzene rings is 3. The minimum atomic E-state index is -0.171. The zero-order valence-corrected chi connectivity index (χ0v) is 20.5. The molecule has 1 aliphatic rings. The molecule has 0 fully saturated rings. The molecule has 6 heteroatoms. The number of carbonyl (C=O) groups excluding carboxylic acids is 2. The highest BCUT2D eigenvalue weighted by Crippen LogP contribution is 2.35. The summed E-state index contributed by atoms with van der Waals surface area (Å²) in [5, 5.41) is 9.15. The number of allylic oxidation sites excluding steroid dienone is 1. The van der Waals surface area contributed by atoms with Gasteiger partial charge in [0.2, 0.25) is 0 Å². The number of hydrogen-bond donors (Lipinski definition) is 3. The van der Waals surface area contributed by atoms with Crippen LogP contribution in [0.2, 0.25) is 0 Å². The van der Waals surface area contributed by atoms with Gasteiger partial charge >= 0.3 is 0 Å². The first-order valence-corrected chi connectivity index (χ1v) is 12.0. The number of rotatable bonds is 9. The average molecular weight is 469 g/mol. The number of fused-ring (bicyclic) bond motifs is 1. The molecule has 6 nitrogen and oxygen atoms in total. The topological polar surface area (TPSA) is 73.5 Å². The molecule has 0 atom stereocenters. The molecular formula is C29H32N4O2. The van der Waals surface area contributed by atoms with Crippen molar-refractivity contribution in [2.75, 3.05) is 24.2 Å². The number of anilines is 2. The van der Waals surface area contributed by atoms with Crippen LogP contribution in [0.1, 0.15) is 47.3 Å². The lowest BCUT2D eigenvalue weighted by Crippen LogP contribution is -2.23. The van der Waals surface area contributed by atoms with E-state index in [1.165, 1.54) is 11.1 Å². The van der Waals surface area contributed by atoms with E-state index in [1.54, 1.807) is 18.2 Å². The Bertz CT molecular complexity index is 1230. The van der Waals surface area contributed by atoms with Crippen molar-refractivity contribution in [3.05, 3.63) is 101 Å². The molecule has 2 amide bonds. The number of amides is 2. The van der Waals surface area contributed by atoms with Gasteiger partial charge in [0, 0.05) is 47.8 Å². The van der Waals surface area contributed by atoms with Crippen molar-refractivity contribution in [1.82, 2.24) is 10.2 Å². The summed E-state index contributed by atoms with van der Waals surface area (Å²) < 4.78 is 0. The van der Waals surface area contributed by atoms with Crippen molar-refractivity contribution >= 4 is 28.8 Å². The van der Waals surface area contributed by atoms with Crippen molar-refractivity contribution in [3.63, 3.8) is 0 Å². The van der Waals surface area contributed by atoms with E-state index >= 15 is 0 Å². The molecule has 4 rings (SSSR count). The Morgan fingerprint density at radius 3 is 2.31 bits per heavy atom. The van der Waals surface area contributed by atoms with Gasteiger partial charge in [-0.3, -0.25) is 14.5 Å². The van der Waals surface area contributed by atoms with Crippen LogP contribution in [0, 0.1) is 0 Å². The SMILES string of the molecule is CCCNC(=O)c1ccc2c(c1)/C(=C(\C)Nc1ccc(CN(C)Cc3ccccc3)cc1)C(=O)N2. The molecule has 1 heterocycles. The summed E-state index contributed by atoms with van der Waals surface area (Å²) in [7, 11) is 2.11. The highest BCUT2D eigenvalue weighted by molar-refractivity contribution is 6.32. The van der Waals surface area contributed by atoms with Crippen LogP contribution in [0.3, 0.4) is 0 Å². The van der Waals surface area contributed by atoms with Gasteiger partial charge in [-0.25, -0.2) is 0 Å². The molecule has 0 radical (unpaired) electrons. The number of hydrogen-bond acceptors (Lipinski definition) is 4. The van der Waals surface area contributed by atoms with E-state index in [0.29, 0.717) is 17.7 Å². The predicted molar refractivity (Wildman–Crippen MR) is 142 cm³/mol. The van der Waals surface area contributed by atoms with Gasteiger partial charge in [0.15, 0.2) is 0 Å². The molecule has 0 spiro atoms. The summed E-state index contributed by atoms with van der Waals surface area (Å²) in [6, 6.07) is 24.0. The first-order chi connectivity index (χ1) is 16.9. The Kier molecular flexibility index (Phi) is 7.63. The van der Waals surface area contributed by atoms with Crippen LogP contribution in [0.25, 0.3) is 5.57 Å². The monoisotopic (exact) mass is 468 g/mol. The summed E-state index contributed by atoms with van der Waals surface area (Å²) >= 11 is 0. The van der Waals surface area contributed by atoms with Crippen molar-refractivity contribution < 1.29 is 9.59 Å². The number of nitrogens with one attached hydrogen (secondary N) is 3. The summed E-state index contributed by atoms with van der Waals surface area (Å²) in [4.78, 5) is 27.4. The molecule has 3 aromatic rings. The second-order valence-electron chi connectivity index (χ2n) is 8.95. The van der Waals surface area contributed by atoms with E-state index < -0.39 is 0 Å². The van der Waals surface area contributed by atoms with Crippen molar-refractivity contribution in [2.24, 2.45) is 0 Å². The number of carbonyl (C=O) groups is 2. The molecular weight excluding hydrogens is 436 g/mol.